The Morgan fingerprint density at radius 1 is 1.29 bits per heavy atom. The van der Waals surface area contributed by atoms with Gasteiger partial charge < -0.3 is 29.6 Å². The van der Waals surface area contributed by atoms with E-state index in [1.807, 2.05) is 31.2 Å². The van der Waals surface area contributed by atoms with Crippen molar-refractivity contribution in [2.75, 3.05) is 46.6 Å². The summed E-state index contributed by atoms with van der Waals surface area (Å²) in [5.74, 6) is 2.25. The zero-order valence-electron chi connectivity index (χ0n) is 17.4. The standard InChI is InChI=1S/C21H35N3O4/c1-4-22-21(23-12-8-13-26-16-18-9-7-14-27-18)24-15-17(2)28-20-11-6-5-10-19(20)25-3/h5-6,10-11,17-18H,4,7-9,12-16H2,1-3H3,(H2,22,23,24). The van der Waals surface area contributed by atoms with Gasteiger partial charge >= 0.3 is 0 Å². The third kappa shape index (κ3) is 8.35. The normalized spacial score (nSPS) is 18.0. The van der Waals surface area contributed by atoms with Crippen LogP contribution in [0.3, 0.4) is 0 Å². The predicted octanol–water partition coefficient (Wildman–Crippen LogP) is 2.60. The van der Waals surface area contributed by atoms with Gasteiger partial charge in [0.05, 0.1) is 26.4 Å². The van der Waals surface area contributed by atoms with Crippen LogP contribution in [0.1, 0.15) is 33.1 Å². The number of methoxy groups -OCH3 is 1. The summed E-state index contributed by atoms with van der Waals surface area (Å²) < 4.78 is 22.5. The van der Waals surface area contributed by atoms with E-state index in [9.17, 15) is 0 Å². The van der Waals surface area contributed by atoms with Crippen LogP contribution in [0.4, 0.5) is 0 Å². The summed E-state index contributed by atoms with van der Waals surface area (Å²) in [5, 5.41) is 6.60. The molecule has 1 heterocycles. The molecule has 2 unspecified atom stereocenters. The molecule has 1 aliphatic rings. The Balaban J connectivity index is 1.67. The van der Waals surface area contributed by atoms with Gasteiger partial charge in [-0.25, -0.2) is 4.99 Å². The smallest absolute Gasteiger partial charge is 0.191 e. The molecule has 0 aliphatic carbocycles. The van der Waals surface area contributed by atoms with Gasteiger partial charge in [0, 0.05) is 26.3 Å². The molecule has 0 aromatic heterocycles. The van der Waals surface area contributed by atoms with Gasteiger partial charge in [0.15, 0.2) is 17.5 Å². The summed E-state index contributed by atoms with van der Waals surface area (Å²) in [7, 11) is 1.64. The number of ether oxygens (including phenoxy) is 4. The molecule has 28 heavy (non-hydrogen) atoms. The summed E-state index contributed by atoms with van der Waals surface area (Å²) in [6.07, 6.45) is 3.41. The van der Waals surface area contributed by atoms with Gasteiger partial charge in [0.2, 0.25) is 0 Å². The molecule has 1 saturated heterocycles. The maximum Gasteiger partial charge on any atom is 0.191 e. The third-order valence-corrected chi connectivity index (χ3v) is 4.33. The molecular formula is C21H35N3O4. The fourth-order valence-electron chi connectivity index (χ4n) is 2.90. The quantitative estimate of drug-likeness (QED) is 0.323. The number of nitrogens with zero attached hydrogens (tertiary/aromatic N) is 1. The van der Waals surface area contributed by atoms with Gasteiger partial charge in [-0.3, -0.25) is 0 Å². The second-order valence-electron chi connectivity index (χ2n) is 6.79. The first-order valence-corrected chi connectivity index (χ1v) is 10.2. The lowest BCUT2D eigenvalue weighted by Gasteiger charge is -2.17. The average molecular weight is 394 g/mol. The molecule has 0 amide bonds. The van der Waals surface area contributed by atoms with E-state index < -0.39 is 0 Å². The number of hydrogen-bond donors (Lipinski definition) is 2. The van der Waals surface area contributed by atoms with Crippen molar-refractivity contribution in [2.45, 2.75) is 45.3 Å². The number of hydrogen-bond acceptors (Lipinski definition) is 5. The highest BCUT2D eigenvalue weighted by atomic mass is 16.5. The second-order valence-corrected chi connectivity index (χ2v) is 6.79. The van der Waals surface area contributed by atoms with Crippen molar-refractivity contribution in [3.05, 3.63) is 24.3 Å². The molecule has 0 radical (unpaired) electrons. The van der Waals surface area contributed by atoms with E-state index in [0.29, 0.717) is 13.2 Å². The van der Waals surface area contributed by atoms with Crippen LogP contribution in [0.2, 0.25) is 0 Å². The molecule has 158 valence electrons. The summed E-state index contributed by atoms with van der Waals surface area (Å²) >= 11 is 0. The van der Waals surface area contributed by atoms with Crippen molar-refractivity contribution >= 4 is 5.96 Å². The lowest BCUT2D eigenvalue weighted by molar-refractivity contribution is 0.0168. The van der Waals surface area contributed by atoms with Crippen molar-refractivity contribution in [1.29, 1.82) is 0 Å². The Hall–Kier alpha value is -1.99. The fourth-order valence-corrected chi connectivity index (χ4v) is 2.90. The lowest BCUT2D eigenvalue weighted by atomic mass is 10.2. The lowest BCUT2D eigenvalue weighted by Crippen LogP contribution is -2.38. The second kappa shape index (κ2) is 13.2. The Morgan fingerprint density at radius 3 is 2.82 bits per heavy atom. The number of aliphatic imine (C=N–C) groups is 1. The minimum Gasteiger partial charge on any atom is -0.493 e. The number of para-hydroxylation sites is 2. The van der Waals surface area contributed by atoms with Gasteiger partial charge in [-0.15, -0.1) is 0 Å². The van der Waals surface area contributed by atoms with Gasteiger partial charge in [0.25, 0.3) is 0 Å². The number of guanidine groups is 1. The minimum absolute atomic E-state index is 0.0681. The van der Waals surface area contributed by atoms with Crippen molar-refractivity contribution in [1.82, 2.24) is 10.6 Å². The van der Waals surface area contributed by atoms with E-state index in [1.165, 1.54) is 0 Å². The monoisotopic (exact) mass is 393 g/mol. The highest BCUT2D eigenvalue weighted by molar-refractivity contribution is 5.79. The Morgan fingerprint density at radius 2 is 2.11 bits per heavy atom. The zero-order valence-corrected chi connectivity index (χ0v) is 17.4. The topological polar surface area (TPSA) is 73.3 Å². The Bertz CT molecular complexity index is 577. The number of benzene rings is 1. The zero-order chi connectivity index (χ0) is 20.0. The van der Waals surface area contributed by atoms with E-state index in [4.69, 9.17) is 18.9 Å². The highest BCUT2D eigenvalue weighted by Gasteiger charge is 2.15. The number of nitrogens with one attached hydrogen (secondary N) is 2. The van der Waals surface area contributed by atoms with E-state index in [-0.39, 0.29) is 12.2 Å². The van der Waals surface area contributed by atoms with Crippen LogP contribution in [0, 0.1) is 0 Å². The van der Waals surface area contributed by atoms with Crippen molar-refractivity contribution in [3.8, 4) is 11.5 Å². The first kappa shape index (κ1) is 22.3. The molecule has 2 rings (SSSR count). The SMILES string of the molecule is CCNC(=NCC(C)Oc1ccccc1OC)NCCCOCC1CCCO1. The van der Waals surface area contributed by atoms with Crippen LogP contribution in [0.5, 0.6) is 11.5 Å². The fraction of sp³-hybridized carbons (Fsp3) is 0.667. The highest BCUT2D eigenvalue weighted by Crippen LogP contribution is 2.26. The summed E-state index contributed by atoms with van der Waals surface area (Å²) in [5.41, 5.74) is 0. The van der Waals surface area contributed by atoms with E-state index in [0.717, 1.165) is 63.0 Å². The minimum atomic E-state index is -0.0681. The van der Waals surface area contributed by atoms with Gasteiger partial charge in [0.1, 0.15) is 6.10 Å². The molecule has 0 saturated carbocycles. The van der Waals surface area contributed by atoms with Crippen molar-refractivity contribution < 1.29 is 18.9 Å². The molecule has 7 nitrogen and oxygen atoms in total. The molecule has 1 aromatic carbocycles. The Labute approximate surface area is 168 Å². The van der Waals surface area contributed by atoms with E-state index >= 15 is 0 Å². The molecule has 1 fully saturated rings. The summed E-state index contributed by atoms with van der Waals surface area (Å²) in [6.45, 7) is 8.50. The van der Waals surface area contributed by atoms with Crippen molar-refractivity contribution in [2.24, 2.45) is 4.99 Å². The van der Waals surface area contributed by atoms with Crippen LogP contribution in [0.15, 0.2) is 29.3 Å². The van der Waals surface area contributed by atoms with Crippen LogP contribution < -0.4 is 20.1 Å². The number of rotatable bonds is 12. The summed E-state index contributed by atoms with van der Waals surface area (Å²) in [4.78, 5) is 4.61. The first-order valence-electron chi connectivity index (χ1n) is 10.2. The molecular weight excluding hydrogens is 358 g/mol. The van der Waals surface area contributed by atoms with Gasteiger partial charge in [-0.2, -0.15) is 0 Å². The maximum absolute atomic E-state index is 5.95. The molecule has 1 aliphatic heterocycles. The molecule has 2 N–H and O–H groups in total. The predicted molar refractivity (Wildman–Crippen MR) is 111 cm³/mol. The molecule has 0 spiro atoms. The maximum atomic E-state index is 5.95. The van der Waals surface area contributed by atoms with Crippen LogP contribution in [-0.4, -0.2) is 64.7 Å². The van der Waals surface area contributed by atoms with Gasteiger partial charge in [-0.1, -0.05) is 12.1 Å². The average Bonchev–Trinajstić information content (AvgIpc) is 3.22. The Kier molecular flexibility index (Phi) is 10.5. The first-order chi connectivity index (χ1) is 13.7. The molecule has 7 heteroatoms. The van der Waals surface area contributed by atoms with Crippen LogP contribution >= 0.6 is 0 Å². The summed E-state index contributed by atoms with van der Waals surface area (Å²) in [6, 6.07) is 7.64. The molecule has 2 atom stereocenters. The third-order valence-electron chi connectivity index (χ3n) is 4.33. The van der Waals surface area contributed by atoms with E-state index in [1.54, 1.807) is 7.11 Å². The molecule has 1 aromatic rings. The molecule has 0 bridgehead atoms. The largest absolute Gasteiger partial charge is 0.493 e. The van der Waals surface area contributed by atoms with Crippen LogP contribution in [-0.2, 0) is 9.47 Å². The van der Waals surface area contributed by atoms with E-state index in [2.05, 4.69) is 22.5 Å². The van der Waals surface area contributed by atoms with Crippen molar-refractivity contribution in [3.63, 3.8) is 0 Å². The van der Waals surface area contributed by atoms with Gasteiger partial charge in [-0.05, 0) is 45.2 Å². The van der Waals surface area contributed by atoms with Crippen LogP contribution in [0.25, 0.3) is 0 Å².